The Kier molecular flexibility index (Phi) is 2.39. The maximum atomic E-state index is 13.4. The second-order valence-electron chi connectivity index (χ2n) is 10.4. The third-order valence-corrected chi connectivity index (χ3v) is 9.72. The topological polar surface area (TPSA) is 57.6 Å². The van der Waals surface area contributed by atoms with Gasteiger partial charge in [-0.2, -0.15) is 0 Å². The van der Waals surface area contributed by atoms with Crippen LogP contribution in [-0.2, 0) is 9.59 Å². The summed E-state index contributed by atoms with van der Waals surface area (Å²) < 4.78 is 0. The van der Waals surface area contributed by atoms with E-state index in [1.165, 1.54) is 0 Å². The van der Waals surface area contributed by atoms with Gasteiger partial charge in [0, 0.05) is 48.1 Å². The molecule has 7 aliphatic rings. The standard InChI is InChI=1S/C21H27NO3/c1-10-12-6-14-20(18(10)25)5-4-13-19(2)7-11(23)8-21(13,14)17(22(3)9-19)15(20)16(12)24/h12-15,17-18,25H,1,4-9H2,2-3H3/t12-,13+,14+,15+,17+,18-,19-,20-,21-/m0/s1. The summed E-state index contributed by atoms with van der Waals surface area (Å²) in [4.78, 5) is 28.7. The number of hydrogen-bond donors (Lipinski definition) is 1. The first-order chi connectivity index (χ1) is 11.8. The summed E-state index contributed by atoms with van der Waals surface area (Å²) in [6.45, 7) is 7.34. The van der Waals surface area contributed by atoms with E-state index in [4.69, 9.17) is 0 Å². The van der Waals surface area contributed by atoms with Crippen molar-refractivity contribution in [2.45, 2.75) is 51.2 Å². The molecule has 7 rings (SSSR count). The fourth-order valence-electron chi connectivity index (χ4n) is 9.59. The number of aliphatic hydroxyl groups is 1. The maximum absolute atomic E-state index is 13.4. The van der Waals surface area contributed by atoms with Crippen LogP contribution in [0.4, 0.5) is 0 Å². The molecule has 0 radical (unpaired) electrons. The van der Waals surface area contributed by atoms with Gasteiger partial charge >= 0.3 is 0 Å². The molecule has 0 aromatic heterocycles. The Labute approximate surface area is 148 Å². The molecule has 7 fully saturated rings. The van der Waals surface area contributed by atoms with E-state index in [0.29, 0.717) is 36.2 Å². The van der Waals surface area contributed by atoms with Crippen LogP contribution in [0.5, 0.6) is 0 Å². The first kappa shape index (κ1) is 15.1. The zero-order valence-corrected chi connectivity index (χ0v) is 15.1. The van der Waals surface area contributed by atoms with E-state index in [0.717, 1.165) is 31.4 Å². The molecule has 1 N–H and O–H groups in total. The monoisotopic (exact) mass is 341 g/mol. The van der Waals surface area contributed by atoms with Crippen LogP contribution in [0, 0.1) is 39.9 Å². The van der Waals surface area contributed by atoms with Gasteiger partial charge in [0.25, 0.3) is 0 Å². The molecule has 0 aromatic rings. The van der Waals surface area contributed by atoms with Crippen LogP contribution in [0.3, 0.4) is 0 Å². The lowest BCUT2D eigenvalue weighted by Crippen LogP contribution is -2.67. The normalized spacial score (nSPS) is 61.8. The van der Waals surface area contributed by atoms with E-state index >= 15 is 0 Å². The number of Topliss-reactive ketones (excluding diaryl/α,β-unsaturated/α-hetero) is 2. The van der Waals surface area contributed by atoms with Crippen molar-refractivity contribution in [1.29, 1.82) is 0 Å². The Balaban J connectivity index is 1.66. The third kappa shape index (κ3) is 1.25. The minimum Gasteiger partial charge on any atom is -0.388 e. The Morgan fingerprint density at radius 3 is 2.72 bits per heavy atom. The van der Waals surface area contributed by atoms with Crippen molar-refractivity contribution in [3.8, 4) is 0 Å². The molecule has 4 heteroatoms. The van der Waals surface area contributed by atoms with E-state index < -0.39 is 6.10 Å². The minimum atomic E-state index is -0.559. The van der Waals surface area contributed by atoms with Crippen LogP contribution < -0.4 is 0 Å². The molecule has 6 saturated carbocycles. The lowest BCUT2D eigenvalue weighted by Gasteiger charge is -2.67. The highest BCUT2D eigenvalue weighted by atomic mass is 16.3. The fraction of sp³-hybridized carbons (Fsp3) is 0.810. The average Bonchev–Trinajstić information content (AvgIpc) is 2.62. The number of carbonyl (C=O) groups is 2. The predicted molar refractivity (Wildman–Crippen MR) is 91.6 cm³/mol. The van der Waals surface area contributed by atoms with Crippen LogP contribution in [-0.4, -0.2) is 47.3 Å². The highest BCUT2D eigenvalue weighted by Gasteiger charge is 2.83. The first-order valence-electron chi connectivity index (χ1n) is 9.90. The van der Waals surface area contributed by atoms with Crippen molar-refractivity contribution < 1.29 is 14.7 Å². The number of ketones is 2. The minimum absolute atomic E-state index is 0.0317. The third-order valence-electron chi connectivity index (χ3n) is 9.72. The number of likely N-dealkylation sites (tertiary alicyclic amines) is 1. The summed E-state index contributed by atoms with van der Waals surface area (Å²) >= 11 is 0. The van der Waals surface area contributed by atoms with Gasteiger partial charge in [-0.25, -0.2) is 0 Å². The number of hydrogen-bond acceptors (Lipinski definition) is 4. The van der Waals surface area contributed by atoms with Crippen molar-refractivity contribution in [3.05, 3.63) is 12.2 Å². The van der Waals surface area contributed by atoms with Crippen molar-refractivity contribution in [1.82, 2.24) is 4.90 Å². The molecule has 0 unspecified atom stereocenters. The SMILES string of the molecule is C=C1[C@@H]2C[C@@H]3[C@]4(CC[C@@H]5[C@@]6(C)CC(=O)C[C@@]35[C@@H]([C@H]4C2=O)N(C)C6)[C@H]1O. The summed E-state index contributed by atoms with van der Waals surface area (Å²) in [6, 6.07) is 0.141. The number of piperidine rings is 1. The molecule has 6 aliphatic carbocycles. The molecule has 1 saturated heterocycles. The molecule has 134 valence electrons. The van der Waals surface area contributed by atoms with E-state index in [9.17, 15) is 14.7 Å². The van der Waals surface area contributed by atoms with Crippen molar-refractivity contribution >= 4 is 11.6 Å². The summed E-state index contributed by atoms with van der Waals surface area (Å²) in [6.07, 6.45) is 3.58. The molecular formula is C21H27NO3. The number of carbonyl (C=O) groups excluding carboxylic acids is 2. The quantitative estimate of drug-likeness (QED) is 0.683. The zero-order chi connectivity index (χ0) is 17.5. The van der Waals surface area contributed by atoms with Gasteiger partial charge in [0.2, 0.25) is 0 Å². The van der Waals surface area contributed by atoms with Crippen molar-refractivity contribution in [2.75, 3.05) is 13.6 Å². The number of nitrogens with zero attached hydrogens (tertiary/aromatic N) is 1. The summed E-state index contributed by atoms with van der Waals surface area (Å²) in [5, 5.41) is 11.2. The Morgan fingerprint density at radius 2 is 1.96 bits per heavy atom. The molecule has 0 aromatic carbocycles. The van der Waals surface area contributed by atoms with E-state index in [1.807, 2.05) is 0 Å². The largest absolute Gasteiger partial charge is 0.388 e. The predicted octanol–water partition coefficient (Wildman–Crippen LogP) is 1.82. The Bertz CT molecular complexity index is 760. The highest BCUT2D eigenvalue weighted by molar-refractivity contribution is 5.93. The van der Waals surface area contributed by atoms with E-state index in [2.05, 4.69) is 25.5 Å². The second kappa shape index (κ2) is 3.96. The smallest absolute Gasteiger partial charge is 0.145 e. The molecule has 2 spiro atoms. The Hall–Kier alpha value is -1.00. The van der Waals surface area contributed by atoms with Gasteiger partial charge in [0.05, 0.1) is 6.10 Å². The number of rotatable bonds is 0. The van der Waals surface area contributed by atoms with Gasteiger partial charge in [-0.15, -0.1) is 0 Å². The first-order valence-corrected chi connectivity index (χ1v) is 9.90. The number of aliphatic hydroxyl groups excluding tert-OH is 1. The van der Waals surface area contributed by atoms with Gasteiger partial charge in [-0.1, -0.05) is 13.5 Å². The zero-order valence-electron chi connectivity index (χ0n) is 15.1. The van der Waals surface area contributed by atoms with Gasteiger partial charge in [0.15, 0.2) is 0 Å². The fourth-order valence-corrected chi connectivity index (χ4v) is 9.59. The van der Waals surface area contributed by atoms with Gasteiger partial charge < -0.3 is 10.0 Å². The highest BCUT2D eigenvalue weighted by Crippen LogP contribution is 2.81. The van der Waals surface area contributed by atoms with Crippen LogP contribution in [0.15, 0.2) is 12.2 Å². The number of fused-ring (bicyclic) bond motifs is 1. The van der Waals surface area contributed by atoms with E-state index in [1.54, 1.807) is 0 Å². The van der Waals surface area contributed by atoms with E-state index in [-0.39, 0.29) is 34.1 Å². The molecule has 1 aliphatic heterocycles. The summed E-state index contributed by atoms with van der Waals surface area (Å²) in [5.41, 5.74) is 0.357. The molecule has 1 heterocycles. The van der Waals surface area contributed by atoms with Crippen LogP contribution in [0.1, 0.15) is 39.0 Å². The molecular weight excluding hydrogens is 314 g/mol. The summed E-state index contributed by atoms with van der Waals surface area (Å²) in [5.74, 6) is 1.26. The molecule has 6 bridgehead atoms. The van der Waals surface area contributed by atoms with Crippen LogP contribution >= 0.6 is 0 Å². The molecule has 4 nitrogen and oxygen atoms in total. The van der Waals surface area contributed by atoms with Gasteiger partial charge in [-0.05, 0) is 49.1 Å². The average molecular weight is 341 g/mol. The second-order valence-corrected chi connectivity index (χ2v) is 10.4. The van der Waals surface area contributed by atoms with Gasteiger partial charge in [0.1, 0.15) is 11.6 Å². The molecule has 25 heavy (non-hydrogen) atoms. The van der Waals surface area contributed by atoms with Crippen molar-refractivity contribution in [2.24, 2.45) is 39.9 Å². The molecule has 0 amide bonds. The maximum Gasteiger partial charge on any atom is 0.145 e. The van der Waals surface area contributed by atoms with Crippen LogP contribution in [0.2, 0.25) is 0 Å². The molecule has 9 atom stereocenters. The Morgan fingerprint density at radius 1 is 1.20 bits per heavy atom. The van der Waals surface area contributed by atoms with Crippen LogP contribution in [0.25, 0.3) is 0 Å². The lowest BCUT2D eigenvalue weighted by molar-refractivity contribution is -0.194. The van der Waals surface area contributed by atoms with Gasteiger partial charge in [-0.3, -0.25) is 9.59 Å². The lowest BCUT2D eigenvalue weighted by atomic mass is 9.39. The summed E-state index contributed by atoms with van der Waals surface area (Å²) in [7, 11) is 2.16. The van der Waals surface area contributed by atoms with Crippen molar-refractivity contribution in [3.63, 3.8) is 0 Å².